The Morgan fingerprint density at radius 3 is 3.10 bits per heavy atom. The Morgan fingerprint density at radius 2 is 2.43 bits per heavy atom. The molecule has 2 N–H and O–H groups in total. The van der Waals surface area contributed by atoms with Crippen LogP contribution in [0, 0.1) is 11.3 Å². The lowest BCUT2D eigenvalue weighted by Gasteiger charge is -2.63. The van der Waals surface area contributed by atoms with Crippen molar-refractivity contribution < 1.29 is 4.74 Å². The van der Waals surface area contributed by atoms with Crippen molar-refractivity contribution in [2.75, 3.05) is 13.7 Å². The molecule has 1 aliphatic heterocycles. The van der Waals surface area contributed by atoms with Gasteiger partial charge in [-0.05, 0) is 41.7 Å². The summed E-state index contributed by atoms with van der Waals surface area (Å²) in [6.07, 6.45) is 5.69. The van der Waals surface area contributed by atoms with E-state index in [4.69, 9.17) is 4.74 Å². The number of nitrogens with zero attached hydrogens (tertiary/aromatic N) is 1. The Balaban J connectivity index is 1.39. The Labute approximate surface area is 130 Å². The molecule has 0 bridgehead atoms. The lowest BCUT2D eigenvalue weighted by atomic mass is 9.46. The summed E-state index contributed by atoms with van der Waals surface area (Å²) in [6.45, 7) is 1.78. The molecule has 5 heteroatoms. The zero-order valence-corrected chi connectivity index (χ0v) is 13.3. The molecule has 3 aliphatic rings. The van der Waals surface area contributed by atoms with E-state index in [2.05, 4.69) is 32.5 Å². The Bertz CT molecular complexity index is 524. The normalized spacial score (nSPS) is 33.2. The molecule has 4 nitrogen and oxygen atoms in total. The second-order valence-corrected chi connectivity index (χ2v) is 7.29. The van der Waals surface area contributed by atoms with Gasteiger partial charge in [0, 0.05) is 37.6 Å². The number of thiophene rings is 1. The first-order valence-electron chi connectivity index (χ1n) is 7.93. The number of ether oxygens (including phenoxy) is 1. The van der Waals surface area contributed by atoms with E-state index in [9.17, 15) is 0 Å². The van der Waals surface area contributed by atoms with Crippen molar-refractivity contribution in [2.45, 2.75) is 44.4 Å². The van der Waals surface area contributed by atoms with Crippen molar-refractivity contribution in [1.29, 1.82) is 0 Å². The van der Waals surface area contributed by atoms with Crippen LogP contribution in [0.15, 0.2) is 21.8 Å². The molecule has 1 aromatic rings. The average molecular weight is 305 g/mol. The molecular formula is C16H23N3OS. The fourth-order valence-electron chi connectivity index (χ4n) is 4.38. The number of rotatable bonds is 3. The third-order valence-corrected chi connectivity index (χ3v) is 6.32. The molecule has 1 saturated heterocycles. The van der Waals surface area contributed by atoms with Crippen LogP contribution >= 0.6 is 11.3 Å². The largest absolute Gasteiger partial charge is 0.377 e. The van der Waals surface area contributed by atoms with E-state index in [1.807, 2.05) is 7.05 Å². The summed E-state index contributed by atoms with van der Waals surface area (Å²) in [5.41, 5.74) is 1.72. The van der Waals surface area contributed by atoms with Crippen LogP contribution in [0.25, 0.3) is 0 Å². The molecule has 2 aliphatic carbocycles. The number of guanidine groups is 1. The Hall–Kier alpha value is -1.07. The van der Waals surface area contributed by atoms with Gasteiger partial charge in [-0.2, -0.15) is 11.3 Å². The van der Waals surface area contributed by atoms with E-state index in [1.165, 1.54) is 31.2 Å². The van der Waals surface area contributed by atoms with Crippen molar-refractivity contribution in [2.24, 2.45) is 16.3 Å². The molecule has 1 aromatic heterocycles. The number of fused-ring (bicyclic) bond motifs is 2. The highest BCUT2D eigenvalue weighted by atomic mass is 32.1. The minimum Gasteiger partial charge on any atom is -0.377 e. The molecule has 3 atom stereocenters. The van der Waals surface area contributed by atoms with Crippen LogP contribution < -0.4 is 10.6 Å². The minimum atomic E-state index is 0.404. The van der Waals surface area contributed by atoms with Crippen molar-refractivity contribution in [1.82, 2.24) is 10.6 Å². The van der Waals surface area contributed by atoms with E-state index in [0.29, 0.717) is 23.5 Å². The lowest BCUT2D eigenvalue weighted by Crippen LogP contribution is -2.72. The number of hydrogen-bond donors (Lipinski definition) is 2. The highest BCUT2D eigenvalue weighted by Gasteiger charge is 2.66. The van der Waals surface area contributed by atoms with E-state index < -0.39 is 0 Å². The molecule has 0 radical (unpaired) electrons. The highest BCUT2D eigenvalue weighted by Crippen LogP contribution is 2.62. The molecule has 3 fully saturated rings. The van der Waals surface area contributed by atoms with Gasteiger partial charge in [0.25, 0.3) is 0 Å². The summed E-state index contributed by atoms with van der Waals surface area (Å²) in [4.78, 5) is 4.40. The fraction of sp³-hybridized carbons (Fsp3) is 0.688. The van der Waals surface area contributed by atoms with Gasteiger partial charge in [-0.3, -0.25) is 4.99 Å². The van der Waals surface area contributed by atoms with E-state index in [1.54, 1.807) is 11.3 Å². The first-order chi connectivity index (χ1) is 10.3. The summed E-state index contributed by atoms with van der Waals surface area (Å²) >= 11 is 1.74. The van der Waals surface area contributed by atoms with Crippen molar-refractivity contribution >= 4 is 17.3 Å². The van der Waals surface area contributed by atoms with Gasteiger partial charge in [-0.15, -0.1) is 0 Å². The van der Waals surface area contributed by atoms with Gasteiger partial charge in [0.1, 0.15) is 0 Å². The quantitative estimate of drug-likeness (QED) is 0.666. The topological polar surface area (TPSA) is 45.7 Å². The molecule has 4 rings (SSSR count). The third-order valence-electron chi connectivity index (χ3n) is 5.59. The maximum atomic E-state index is 5.98. The van der Waals surface area contributed by atoms with Crippen LogP contribution in [-0.2, 0) is 11.3 Å². The summed E-state index contributed by atoms with van der Waals surface area (Å²) in [5.74, 6) is 1.62. The number of hydrogen-bond acceptors (Lipinski definition) is 3. The Kier molecular flexibility index (Phi) is 3.42. The summed E-state index contributed by atoms with van der Waals surface area (Å²) in [7, 11) is 1.86. The lowest BCUT2D eigenvalue weighted by molar-refractivity contribution is -0.171. The zero-order chi connectivity index (χ0) is 14.3. The fourth-order valence-corrected chi connectivity index (χ4v) is 5.05. The predicted molar refractivity (Wildman–Crippen MR) is 85.6 cm³/mol. The molecule has 114 valence electrons. The van der Waals surface area contributed by atoms with Gasteiger partial charge < -0.3 is 15.4 Å². The molecule has 2 saturated carbocycles. The molecule has 2 heterocycles. The van der Waals surface area contributed by atoms with E-state index in [0.717, 1.165) is 19.1 Å². The van der Waals surface area contributed by atoms with Crippen molar-refractivity contribution in [3.05, 3.63) is 22.4 Å². The third kappa shape index (κ3) is 2.09. The van der Waals surface area contributed by atoms with E-state index in [-0.39, 0.29) is 0 Å². The molecule has 1 spiro atoms. The first-order valence-corrected chi connectivity index (χ1v) is 8.88. The monoisotopic (exact) mass is 305 g/mol. The van der Waals surface area contributed by atoms with Crippen LogP contribution in [0.3, 0.4) is 0 Å². The molecule has 0 aromatic carbocycles. The van der Waals surface area contributed by atoms with Crippen LogP contribution in [0.4, 0.5) is 0 Å². The number of nitrogens with one attached hydrogen (secondary N) is 2. The van der Waals surface area contributed by atoms with Gasteiger partial charge in [0.15, 0.2) is 5.96 Å². The van der Waals surface area contributed by atoms with Gasteiger partial charge in [-0.25, -0.2) is 0 Å². The van der Waals surface area contributed by atoms with Gasteiger partial charge >= 0.3 is 0 Å². The average Bonchev–Trinajstić information content (AvgIpc) is 3.08. The van der Waals surface area contributed by atoms with Crippen LogP contribution in [0.2, 0.25) is 0 Å². The second kappa shape index (κ2) is 5.29. The summed E-state index contributed by atoms with van der Waals surface area (Å²) < 4.78 is 5.98. The summed E-state index contributed by atoms with van der Waals surface area (Å²) in [5, 5.41) is 11.4. The van der Waals surface area contributed by atoms with Gasteiger partial charge in [-0.1, -0.05) is 6.42 Å². The molecule has 21 heavy (non-hydrogen) atoms. The maximum Gasteiger partial charge on any atom is 0.191 e. The van der Waals surface area contributed by atoms with Crippen LogP contribution in [0.5, 0.6) is 0 Å². The first kappa shape index (κ1) is 13.6. The van der Waals surface area contributed by atoms with Gasteiger partial charge in [0.2, 0.25) is 0 Å². The zero-order valence-electron chi connectivity index (χ0n) is 12.5. The molecule has 3 unspecified atom stereocenters. The van der Waals surface area contributed by atoms with Crippen molar-refractivity contribution in [3.63, 3.8) is 0 Å². The minimum absolute atomic E-state index is 0.404. The van der Waals surface area contributed by atoms with E-state index >= 15 is 0 Å². The molecule has 0 amide bonds. The second-order valence-electron chi connectivity index (χ2n) is 6.51. The summed E-state index contributed by atoms with van der Waals surface area (Å²) in [6, 6.07) is 2.70. The predicted octanol–water partition coefficient (Wildman–Crippen LogP) is 2.37. The maximum absolute atomic E-state index is 5.98. The molecular weight excluding hydrogens is 282 g/mol. The van der Waals surface area contributed by atoms with Crippen LogP contribution in [0.1, 0.15) is 31.2 Å². The van der Waals surface area contributed by atoms with Crippen molar-refractivity contribution in [3.8, 4) is 0 Å². The Morgan fingerprint density at radius 1 is 1.52 bits per heavy atom. The van der Waals surface area contributed by atoms with Gasteiger partial charge in [0.05, 0.1) is 6.10 Å². The smallest absolute Gasteiger partial charge is 0.191 e. The number of aliphatic imine (C=N–C) groups is 1. The SMILES string of the molecule is CN=C(NCc1ccsc1)NC1C2CCOC2C12CCC2. The van der Waals surface area contributed by atoms with Crippen LogP contribution in [-0.4, -0.2) is 31.8 Å². The highest BCUT2D eigenvalue weighted by molar-refractivity contribution is 7.07. The standard InChI is InChI=1S/C16H23N3OS/c1-17-15(18-9-11-4-8-21-10-11)19-13-12-3-7-20-14(12)16(13)5-2-6-16/h4,8,10,12-14H,2-3,5-7,9H2,1H3,(H2,17,18,19).